The van der Waals surface area contributed by atoms with Crippen molar-refractivity contribution in [3.05, 3.63) is 59.9 Å². The largest absolute Gasteiger partial charge is 0.497 e. The maximum atomic E-state index is 10.5. The normalized spacial score (nSPS) is 17.6. The van der Waals surface area contributed by atoms with Crippen LogP contribution in [0.3, 0.4) is 0 Å². The van der Waals surface area contributed by atoms with E-state index in [0.717, 1.165) is 44.0 Å². The number of pyridine rings is 1. The van der Waals surface area contributed by atoms with Crippen molar-refractivity contribution in [1.82, 2.24) is 14.8 Å². The number of rotatable bonds is 6. The van der Waals surface area contributed by atoms with Crippen LogP contribution >= 0.6 is 0 Å². The van der Waals surface area contributed by atoms with Gasteiger partial charge in [0.05, 0.1) is 13.2 Å². The van der Waals surface area contributed by atoms with Gasteiger partial charge in [-0.1, -0.05) is 12.1 Å². The molecule has 0 saturated carbocycles. The summed E-state index contributed by atoms with van der Waals surface area (Å²) in [6, 6.07) is 11.8. The topological polar surface area (TPSA) is 48.8 Å². The molecule has 0 spiro atoms. The number of piperazine rings is 1. The molecule has 1 aliphatic rings. The third kappa shape index (κ3) is 4.54. The maximum absolute atomic E-state index is 10.5. The van der Waals surface area contributed by atoms with E-state index in [1.54, 1.807) is 7.11 Å². The van der Waals surface area contributed by atoms with Crippen molar-refractivity contribution in [3.8, 4) is 5.75 Å². The van der Waals surface area contributed by atoms with E-state index in [0.29, 0.717) is 6.54 Å². The second-order valence-electron chi connectivity index (χ2n) is 6.22. The van der Waals surface area contributed by atoms with Crippen LogP contribution in [-0.4, -0.2) is 59.7 Å². The number of β-amino-alcohol motifs (C(OH)–C–C–N with tert-alkyl or cyclic N) is 1. The van der Waals surface area contributed by atoms with Crippen LogP contribution in [0.5, 0.6) is 5.75 Å². The zero-order valence-corrected chi connectivity index (χ0v) is 14.1. The molecule has 1 aliphatic heterocycles. The molecule has 0 radical (unpaired) electrons. The maximum Gasteiger partial charge on any atom is 0.119 e. The number of aliphatic hydroxyl groups is 1. The lowest BCUT2D eigenvalue weighted by Gasteiger charge is -2.35. The molecule has 1 aromatic carbocycles. The number of nitrogens with zero attached hydrogens (tertiary/aromatic N) is 3. The summed E-state index contributed by atoms with van der Waals surface area (Å²) in [4.78, 5) is 8.84. The zero-order chi connectivity index (χ0) is 16.8. The molecule has 1 N–H and O–H groups in total. The second kappa shape index (κ2) is 8.24. The van der Waals surface area contributed by atoms with Gasteiger partial charge in [-0.05, 0) is 35.4 Å². The van der Waals surface area contributed by atoms with Gasteiger partial charge < -0.3 is 9.84 Å². The highest BCUT2D eigenvalue weighted by atomic mass is 16.5. The predicted octanol–water partition coefficient (Wildman–Crippen LogP) is 1.94. The average molecular weight is 327 g/mol. The number of benzene rings is 1. The summed E-state index contributed by atoms with van der Waals surface area (Å²) in [5, 5.41) is 10.5. The first-order valence-electron chi connectivity index (χ1n) is 8.40. The van der Waals surface area contributed by atoms with Crippen LogP contribution in [0.2, 0.25) is 0 Å². The highest BCUT2D eigenvalue weighted by molar-refractivity contribution is 5.29. The molecule has 0 aliphatic carbocycles. The predicted molar refractivity (Wildman–Crippen MR) is 93.9 cm³/mol. The van der Waals surface area contributed by atoms with Crippen molar-refractivity contribution >= 4 is 0 Å². The van der Waals surface area contributed by atoms with Crippen LogP contribution in [0.4, 0.5) is 0 Å². The lowest BCUT2D eigenvalue weighted by molar-refractivity contribution is 0.0700. The van der Waals surface area contributed by atoms with Crippen LogP contribution in [0.1, 0.15) is 17.2 Å². The Bertz CT molecular complexity index is 628. The fraction of sp³-hybridized carbons (Fsp3) is 0.421. The molecule has 1 aromatic heterocycles. The molecule has 3 rings (SSSR count). The molecule has 5 nitrogen and oxygen atoms in total. The molecule has 2 heterocycles. The van der Waals surface area contributed by atoms with E-state index >= 15 is 0 Å². The monoisotopic (exact) mass is 327 g/mol. The Morgan fingerprint density at radius 1 is 1.08 bits per heavy atom. The van der Waals surface area contributed by atoms with Crippen LogP contribution in [0.15, 0.2) is 48.8 Å². The molecule has 0 bridgehead atoms. The quantitative estimate of drug-likeness (QED) is 0.879. The Labute approximate surface area is 143 Å². The average Bonchev–Trinajstić information content (AvgIpc) is 2.64. The minimum atomic E-state index is -0.480. The molecule has 1 unspecified atom stereocenters. The molecule has 128 valence electrons. The van der Waals surface area contributed by atoms with Crippen LogP contribution in [-0.2, 0) is 6.54 Å². The number of hydrogen-bond acceptors (Lipinski definition) is 5. The van der Waals surface area contributed by atoms with E-state index < -0.39 is 6.10 Å². The summed E-state index contributed by atoms with van der Waals surface area (Å²) in [7, 11) is 1.65. The van der Waals surface area contributed by atoms with Crippen molar-refractivity contribution in [1.29, 1.82) is 0 Å². The second-order valence-corrected chi connectivity index (χ2v) is 6.22. The summed E-state index contributed by atoms with van der Waals surface area (Å²) in [6.45, 7) is 5.63. The van der Waals surface area contributed by atoms with E-state index in [4.69, 9.17) is 4.74 Å². The first-order chi connectivity index (χ1) is 11.7. The first kappa shape index (κ1) is 16.9. The summed E-state index contributed by atoms with van der Waals surface area (Å²) >= 11 is 0. The number of methoxy groups -OCH3 is 1. The van der Waals surface area contributed by atoms with Crippen LogP contribution < -0.4 is 4.74 Å². The van der Waals surface area contributed by atoms with E-state index in [9.17, 15) is 5.11 Å². The van der Waals surface area contributed by atoms with Crippen molar-refractivity contribution in [3.63, 3.8) is 0 Å². The lowest BCUT2D eigenvalue weighted by Crippen LogP contribution is -2.47. The zero-order valence-electron chi connectivity index (χ0n) is 14.1. The van der Waals surface area contributed by atoms with Crippen molar-refractivity contribution in [2.24, 2.45) is 0 Å². The Hall–Kier alpha value is -1.95. The molecule has 2 aromatic rings. The highest BCUT2D eigenvalue weighted by Gasteiger charge is 2.20. The minimum absolute atomic E-state index is 0.480. The molecule has 1 atom stereocenters. The molecule has 1 fully saturated rings. The SMILES string of the molecule is COc1cccc(C(O)CN2CCN(Cc3ccncc3)CC2)c1. The van der Waals surface area contributed by atoms with Gasteiger partial charge in [-0.2, -0.15) is 0 Å². The van der Waals surface area contributed by atoms with Gasteiger partial charge in [-0.15, -0.1) is 0 Å². The van der Waals surface area contributed by atoms with Crippen molar-refractivity contribution in [2.45, 2.75) is 12.6 Å². The van der Waals surface area contributed by atoms with E-state index in [1.165, 1.54) is 5.56 Å². The van der Waals surface area contributed by atoms with Gasteiger partial charge in [0.15, 0.2) is 0 Å². The number of ether oxygens (including phenoxy) is 1. The summed E-state index contributed by atoms with van der Waals surface area (Å²) in [5.74, 6) is 0.786. The van der Waals surface area contributed by atoms with Gasteiger partial charge in [0, 0.05) is 51.7 Å². The number of hydrogen-bond donors (Lipinski definition) is 1. The smallest absolute Gasteiger partial charge is 0.119 e. The molecule has 24 heavy (non-hydrogen) atoms. The first-order valence-corrected chi connectivity index (χ1v) is 8.40. The standard InChI is InChI=1S/C19H25N3O2/c1-24-18-4-2-3-17(13-18)19(23)15-22-11-9-21(10-12-22)14-16-5-7-20-8-6-16/h2-8,13,19,23H,9-12,14-15H2,1H3. The van der Waals surface area contributed by atoms with Gasteiger partial charge in [0.2, 0.25) is 0 Å². The summed E-state index contributed by atoms with van der Waals surface area (Å²) < 4.78 is 5.23. The molecule has 0 amide bonds. The van der Waals surface area contributed by atoms with Gasteiger partial charge in [0.1, 0.15) is 5.75 Å². The third-order valence-corrected chi connectivity index (χ3v) is 4.53. The van der Waals surface area contributed by atoms with Crippen molar-refractivity contribution in [2.75, 3.05) is 39.8 Å². The molecular weight excluding hydrogens is 302 g/mol. The Morgan fingerprint density at radius 2 is 1.79 bits per heavy atom. The fourth-order valence-corrected chi connectivity index (χ4v) is 3.08. The Kier molecular flexibility index (Phi) is 5.80. The molecular formula is C19H25N3O2. The van der Waals surface area contributed by atoms with Gasteiger partial charge in [0.25, 0.3) is 0 Å². The van der Waals surface area contributed by atoms with E-state index in [-0.39, 0.29) is 0 Å². The molecule has 5 heteroatoms. The van der Waals surface area contributed by atoms with E-state index in [2.05, 4.69) is 26.9 Å². The van der Waals surface area contributed by atoms with Crippen LogP contribution in [0.25, 0.3) is 0 Å². The Morgan fingerprint density at radius 3 is 2.50 bits per heavy atom. The van der Waals surface area contributed by atoms with Gasteiger partial charge in [-0.25, -0.2) is 0 Å². The van der Waals surface area contributed by atoms with Gasteiger partial charge in [-0.3, -0.25) is 14.8 Å². The third-order valence-electron chi connectivity index (χ3n) is 4.53. The van der Waals surface area contributed by atoms with Crippen LogP contribution in [0, 0.1) is 0 Å². The summed E-state index contributed by atoms with van der Waals surface area (Å²) in [6.07, 6.45) is 3.21. The van der Waals surface area contributed by atoms with Crippen molar-refractivity contribution < 1.29 is 9.84 Å². The fourth-order valence-electron chi connectivity index (χ4n) is 3.08. The lowest BCUT2D eigenvalue weighted by atomic mass is 10.1. The highest BCUT2D eigenvalue weighted by Crippen LogP contribution is 2.20. The number of aliphatic hydroxyl groups excluding tert-OH is 1. The Balaban J connectivity index is 1.48. The minimum Gasteiger partial charge on any atom is -0.497 e. The van der Waals surface area contributed by atoms with E-state index in [1.807, 2.05) is 36.7 Å². The van der Waals surface area contributed by atoms with Gasteiger partial charge >= 0.3 is 0 Å². The number of aromatic nitrogens is 1. The molecule has 1 saturated heterocycles. The summed E-state index contributed by atoms with van der Waals surface area (Å²) in [5.41, 5.74) is 2.21.